The molecule has 1 fully saturated rings. The van der Waals surface area contributed by atoms with E-state index in [2.05, 4.69) is 10.3 Å². The Morgan fingerprint density at radius 1 is 1.19 bits per heavy atom. The Bertz CT molecular complexity index is 1120. The Morgan fingerprint density at radius 3 is 2.62 bits per heavy atom. The van der Waals surface area contributed by atoms with Gasteiger partial charge in [-0.3, -0.25) is 4.79 Å². The summed E-state index contributed by atoms with van der Waals surface area (Å²) in [4.78, 5) is 17.2. The van der Waals surface area contributed by atoms with E-state index in [0.717, 1.165) is 0 Å². The van der Waals surface area contributed by atoms with Crippen LogP contribution in [0.2, 0.25) is 5.02 Å². The zero-order valence-corrected chi connectivity index (χ0v) is 17.7. The van der Waals surface area contributed by atoms with Crippen molar-refractivity contribution in [2.45, 2.75) is 44.0 Å². The van der Waals surface area contributed by atoms with Crippen LogP contribution in [0.4, 0.5) is 13.2 Å². The third-order valence-electron chi connectivity index (χ3n) is 5.35. The second-order valence-corrected chi connectivity index (χ2v) is 8.24. The number of alkyl halides is 3. The highest BCUT2D eigenvalue weighted by atomic mass is 35.5. The van der Waals surface area contributed by atoms with Gasteiger partial charge >= 0.3 is 6.18 Å². The Kier molecular flexibility index (Phi) is 6.30. The number of imidazole rings is 1. The average molecular weight is 468 g/mol. The van der Waals surface area contributed by atoms with Gasteiger partial charge in [0.05, 0.1) is 11.1 Å². The summed E-state index contributed by atoms with van der Waals surface area (Å²) < 4.78 is 44.6. The topological polar surface area (TPSA) is 75.9 Å². The quantitative estimate of drug-likeness (QED) is 0.573. The molecule has 1 saturated carbocycles. The number of hydrogen-bond acceptors (Lipinski definition) is 4. The van der Waals surface area contributed by atoms with E-state index in [1.54, 1.807) is 34.9 Å². The highest BCUT2D eigenvalue weighted by molar-refractivity contribution is 6.31. The summed E-state index contributed by atoms with van der Waals surface area (Å²) in [6.07, 6.45) is 0.905. The highest BCUT2D eigenvalue weighted by Crippen LogP contribution is 2.35. The van der Waals surface area contributed by atoms with Gasteiger partial charge < -0.3 is 19.6 Å². The van der Waals surface area contributed by atoms with Gasteiger partial charge in [-0.1, -0.05) is 29.8 Å². The Hall–Kier alpha value is -2.78. The number of rotatable bonds is 5. The molecule has 1 aliphatic carbocycles. The number of aliphatic hydroxyl groups excluding tert-OH is 1. The van der Waals surface area contributed by atoms with Gasteiger partial charge in [-0.2, -0.15) is 13.2 Å². The lowest BCUT2D eigenvalue weighted by atomic mass is 9.93. The molecule has 3 aromatic rings. The molecule has 0 radical (unpaired) electrons. The first-order chi connectivity index (χ1) is 15.2. The van der Waals surface area contributed by atoms with Crippen molar-refractivity contribution in [1.82, 2.24) is 14.7 Å². The maximum Gasteiger partial charge on any atom is 0.422 e. The van der Waals surface area contributed by atoms with E-state index < -0.39 is 12.8 Å². The minimum Gasteiger partial charge on any atom is -0.483 e. The summed E-state index contributed by atoms with van der Waals surface area (Å²) in [5, 5.41) is 12.9. The number of fused-ring (bicyclic) bond motifs is 1. The molecule has 4 rings (SSSR count). The molecule has 0 spiro atoms. The normalized spacial score (nSPS) is 19.2. The van der Waals surface area contributed by atoms with Gasteiger partial charge in [0, 0.05) is 29.6 Å². The van der Waals surface area contributed by atoms with Gasteiger partial charge in [0.25, 0.3) is 5.91 Å². The number of hydrogen-bond donors (Lipinski definition) is 2. The van der Waals surface area contributed by atoms with Crippen molar-refractivity contribution in [1.29, 1.82) is 0 Å². The van der Waals surface area contributed by atoms with E-state index in [1.807, 2.05) is 0 Å². The summed E-state index contributed by atoms with van der Waals surface area (Å²) >= 11 is 6.24. The van der Waals surface area contributed by atoms with Crippen molar-refractivity contribution >= 4 is 23.2 Å². The van der Waals surface area contributed by atoms with Crippen LogP contribution in [-0.2, 0) is 0 Å². The predicted octanol–water partition coefficient (Wildman–Crippen LogP) is 4.63. The van der Waals surface area contributed by atoms with Crippen LogP contribution in [-0.4, -0.2) is 45.3 Å². The number of benzene rings is 1. The van der Waals surface area contributed by atoms with Crippen molar-refractivity contribution in [3.05, 3.63) is 53.4 Å². The van der Waals surface area contributed by atoms with Crippen LogP contribution in [0.5, 0.6) is 5.75 Å². The first-order valence-electron chi connectivity index (χ1n) is 10.2. The van der Waals surface area contributed by atoms with Crippen molar-refractivity contribution in [2.24, 2.45) is 0 Å². The lowest BCUT2D eigenvalue weighted by Crippen LogP contribution is -2.38. The molecule has 1 aromatic carbocycles. The lowest BCUT2D eigenvalue weighted by molar-refractivity contribution is -0.153. The van der Waals surface area contributed by atoms with Crippen molar-refractivity contribution in [2.75, 3.05) is 6.61 Å². The zero-order valence-electron chi connectivity index (χ0n) is 16.9. The molecule has 10 heteroatoms. The molecule has 0 bridgehead atoms. The number of halogens is 4. The van der Waals surface area contributed by atoms with E-state index in [-0.39, 0.29) is 29.5 Å². The van der Waals surface area contributed by atoms with E-state index in [4.69, 9.17) is 16.3 Å². The third kappa shape index (κ3) is 5.16. The molecule has 1 aliphatic rings. The second-order valence-electron chi connectivity index (χ2n) is 7.81. The molecule has 32 heavy (non-hydrogen) atoms. The Balaban J connectivity index is 1.65. The average Bonchev–Trinajstić information content (AvgIpc) is 3.17. The van der Waals surface area contributed by atoms with Crippen molar-refractivity contribution in [3.8, 4) is 16.9 Å². The summed E-state index contributed by atoms with van der Waals surface area (Å²) in [5.41, 5.74) is 1.34. The smallest absolute Gasteiger partial charge is 0.422 e. The van der Waals surface area contributed by atoms with Crippen LogP contribution in [0.25, 0.3) is 16.8 Å². The maximum absolute atomic E-state index is 12.7. The second kappa shape index (κ2) is 8.99. The molecule has 0 saturated heterocycles. The number of aromatic nitrogens is 2. The number of aliphatic hydroxyl groups is 1. The number of para-hydroxylation sites is 1. The molecule has 1 amide bonds. The van der Waals surface area contributed by atoms with Gasteiger partial charge in [-0.25, -0.2) is 4.98 Å². The van der Waals surface area contributed by atoms with E-state index in [1.165, 1.54) is 12.3 Å². The van der Waals surface area contributed by atoms with E-state index >= 15 is 0 Å². The molecule has 2 heterocycles. The third-order valence-corrected chi connectivity index (χ3v) is 5.56. The molecular formula is C22H21ClF3N3O3. The summed E-state index contributed by atoms with van der Waals surface area (Å²) in [6, 6.07) is 7.81. The van der Waals surface area contributed by atoms with Gasteiger partial charge in [-0.15, -0.1) is 0 Å². The fraction of sp³-hybridized carbons (Fsp3) is 0.364. The van der Waals surface area contributed by atoms with E-state index in [0.29, 0.717) is 47.5 Å². The monoisotopic (exact) mass is 467 g/mol. The number of carbonyl (C=O) groups excluding carboxylic acids is 1. The molecule has 2 aromatic heterocycles. The maximum atomic E-state index is 12.7. The van der Waals surface area contributed by atoms with Crippen LogP contribution in [0.1, 0.15) is 36.2 Å². The number of nitrogens with zero attached hydrogens (tertiary/aromatic N) is 2. The Labute approximate surface area is 187 Å². The number of carbonyl (C=O) groups is 1. The number of amides is 1. The number of pyridine rings is 1. The van der Waals surface area contributed by atoms with Crippen molar-refractivity contribution < 1.29 is 27.8 Å². The molecule has 0 aliphatic heterocycles. The highest BCUT2D eigenvalue weighted by Gasteiger charge is 2.29. The van der Waals surface area contributed by atoms with Crippen molar-refractivity contribution in [3.63, 3.8) is 0 Å². The zero-order chi connectivity index (χ0) is 22.9. The molecule has 0 unspecified atom stereocenters. The number of ether oxygens (including phenoxy) is 1. The van der Waals surface area contributed by atoms with E-state index in [9.17, 15) is 23.1 Å². The minimum absolute atomic E-state index is 0.0313. The van der Waals surface area contributed by atoms with Gasteiger partial charge in [-0.05, 0) is 37.8 Å². The summed E-state index contributed by atoms with van der Waals surface area (Å²) in [6.45, 7) is -1.43. The first-order valence-corrected chi connectivity index (χ1v) is 10.5. The molecule has 2 N–H and O–H groups in total. The number of nitrogens with one attached hydrogen (secondary N) is 1. The van der Waals surface area contributed by atoms with Crippen LogP contribution in [0.3, 0.4) is 0 Å². The standard InChI is InChI=1S/C22H21ClF3N3O3/c23-13-9-17(16-3-1-2-4-19(16)32-12-22(24,25)26)20-28-18(11-29(20)10-13)21(31)27-14-5-7-15(30)8-6-14/h1-4,9-11,14-15,30H,5-8,12H2,(H,27,31). The largest absolute Gasteiger partial charge is 0.483 e. The molecule has 170 valence electrons. The van der Waals surface area contributed by atoms with Gasteiger partial charge in [0.15, 0.2) is 6.61 Å². The fourth-order valence-electron chi connectivity index (χ4n) is 3.83. The summed E-state index contributed by atoms with van der Waals surface area (Å²) in [7, 11) is 0. The summed E-state index contributed by atoms with van der Waals surface area (Å²) in [5.74, 6) is -0.331. The van der Waals surface area contributed by atoms with Crippen LogP contribution < -0.4 is 10.1 Å². The van der Waals surface area contributed by atoms with Gasteiger partial charge in [0.2, 0.25) is 0 Å². The molecule has 0 atom stereocenters. The lowest BCUT2D eigenvalue weighted by Gasteiger charge is -2.25. The minimum atomic E-state index is -4.48. The molecule has 6 nitrogen and oxygen atoms in total. The van der Waals surface area contributed by atoms with Crippen LogP contribution in [0, 0.1) is 0 Å². The van der Waals surface area contributed by atoms with Crippen LogP contribution in [0.15, 0.2) is 42.7 Å². The molecular weight excluding hydrogens is 447 g/mol. The van der Waals surface area contributed by atoms with Gasteiger partial charge in [0.1, 0.15) is 17.1 Å². The Morgan fingerprint density at radius 2 is 1.91 bits per heavy atom. The SMILES string of the molecule is O=C(NC1CCC(O)CC1)c1cn2cc(Cl)cc(-c3ccccc3OCC(F)(F)F)c2n1. The first kappa shape index (κ1) is 22.4. The fourth-order valence-corrected chi connectivity index (χ4v) is 4.04. The van der Waals surface area contributed by atoms with Crippen LogP contribution >= 0.6 is 11.6 Å². The predicted molar refractivity (Wildman–Crippen MR) is 113 cm³/mol.